The second kappa shape index (κ2) is 6.56. The summed E-state index contributed by atoms with van der Waals surface area (Å²) in [6.45, 7) is 1.99. The van der Waals surface area contributed by atoms with Crippen LogP contribution in [0.15, 0.2) is 54.2 Å². The monoisotopic (exact) mass is 313 g/mol. The van der Waals surface area contributed by atoms with Gasteiger partial charge in [0, 0.05) is 18.8 Å². The van der Waals surface area contributed by atoms with E-state index in [1.54, 1.807) is 41.9 Å². The van der Waals surface area contributed by atoms with Crippen LogP contribution in [-0.2, 0) is 11.2 Å². The molecule has 3 rings (SSSR count). The summed E-state index contributed by atoms with van der Waals surface area (Å²) in [6, 6.07) is 1.70. The van der Waals surface area contributed by atoms with Crippen LogP contribution in [0.4, 0.5) is 4.39 Å². The largest absolute Gasteiger partial charge is 0.460 e. The smallest absolute Gasteiger partial charge is 0.374 e. The van der Waals surface area contributed by atoms with Crippen LogP contribution in [0.3, 0.4) is 0 Å². The number of carbonyl (C=O) groups excluding carboxylic acids is 1. The van der Waals surface area contributed by atoms with Gasteiger partial charge >= 0.3 is 5.97 Å². The number of ether oxygens (including phenoxy) is 1. The molecular formula is C17H16FN3O2. The molecule has 23 heavy (non-hydrogen) atoms. The Hall–Kier alpha value is -2.76. The SMILES string of the molecule is CCOC(=O)c1nc(CC2=C(F)C=CCC=C2)c2ncccn12. The van der Waals surface area contributed by atoms with Gasteiger partial charge in [-0.15, -0.1) is 0 Å². The van der Waals surface area contributed by atoms with Gasteiger partial charge in [0.05, 0.1) is 12.3 Å². The van der Waals surface area contributed by atoms with E-state index in [2.05, 4.69) is 9.97 Å². The van der Waals surface area contributed by atoms with Crippen LogP contribution < -0.4 is 0 Å². The number of allylic oxidation sites excluding steroid dienone is 6. The lowest BCUT2D eigenvalue weighted by atomic mass is 10.1. The van der Waals surface area contributed by atoms with Gasteiger partial charge in [0.25, 0.3) is 0 Å². The number of hydrogen-bond donors (Lipinski definition) is 0. The molecule has 0 N–H and O–H groups in total. The summed E-state index contributed by atoms with van der Waals surface area (Å²) in [7, 11) is 0. The summed E-state index contributed by atoms with van der Waals surface area (Å²) in [4.78, 5) is 20.6. The van der Waals surface area contributed by atoms with Crippen LogP contribution in [0.2, 0.25) is 0 Å². The predicted octanol–water partition coefficient (Wildman–Crippen LogP) is 3.19. The van der Waals surface area contributed by atoms with E-state index < -0.39 is 5.97 Å². The standard InChI is InChI=1S/C17H16FN3O2/c1-2-23-17(22)16-20-14(15-19-9-6-10-21(15)16)11-12-7-4-3-5-8-13(12)18/h4-10H,2-3,11H2,1H3. The molecule has 0 fully saturated rings. The van der Waals surface area contributed by atoms with Gasteiger partial charge < -0.3 is 4.74 Å². The zero-order valence-corrected chi connectivity index (χ0v) is 12.7. The lowest BCUT2D eigenvalue weighted by molar-refractivity contribution is 0.0511. The van der Waals surface area contributed by atoms with Gasteiger partial charge in [0.2, 0.25) is 5.82 Å². The highest BCUT2D eigenvalue weighted by Crippen LogP contribution is 2.21. The Labute approximate surface area is 132 Å². The zero-order chi connectivity index (χ0) is 16.2. The molecule has 0 aliphatic heterocycles. The van der Waals surface area contributed by atoms with E-state index in [4.69, 9.17) is 4.74 Å². The molecule has 0 unspecified atom stereocenters. The van der Waals surface area contributed by atoms with Crippen LogP contribution in [-0.4, -0.2) is 26.9 Å². The van der Waals surface area contributed by atoms with Crippen molar-refractivity contribution < 1.29 is 13.9 Å². The van der Waals surface area contributed by atoms with E-state index in [0.717, 1.165) is 0 Å². The molecule has 0 amide bonds. The molecule has 0 aromatic carbocycles. The number of hydrogen-bond acceptors (Lipinski definition) is 4. The number of imidazole rings is 1. The van der Waals surface area contributed by atoms with Gasteiger partial charge in [0.15, 0.2) is 5.65 Å². The molecule has 5 nitrogen and oxygen atoms in total. The maximum absolute atomic E-state index is 14.1. The van der Waals surface area contributed by atoms with Crippen molar-refractivity contribution in [3.05, 3.63) is 65.7 Å². The number of rotatable bonds is 4. The number of fused-ring (bicyclic) bond motifs is 1. The van der Waals surface area contributed by atoms with Crippen molar-refractivity contribution in [1.82, 2.24) is 14.4 Å². The predicted molar refractivity (Wildman–Crippen MR) is 83.7 cm³/mol. The topological polar surface area (TPSA) is 56.5 Å². The molecule has 1 aliphatic carbocycles. The number of carbonyl (C=O) groups is 1. The molecule has 6 heteroatoms. The van der Waals surface area contributed by atoms with Crippen molar-refractivity contribution in [2.45, 2.75) is 19.8 Å². The van der Waals surface area contributed by atoms with E-state index >= 15 is 0 Å². The van der Waals surface area contributed by atoms with Crippen LogP contribution in [0.5, 0.6) is 0 Å². The third-order valence-corrected chi connectivity index (χ3v) is 3.45. The third kappa shape index (κ3) is 3.06. The molecule has 0 bridgehead atoms. The summed E-state index contributed by atoms with van der Waals surface area (Å²) in [5, 5.41) is 0. The molecule has 2 heterocycles. The molecular weight excluding hydrogens is 297 g/mol. The fraction of sp³-hybridized carbons (Fsp3) is 0.235. The number of halogens is 1. The molecule has 118 valence electrons. The fourth-order valence-corrected chi connectivity index (χ4v) is 2.42. The minimum atomic E-state index is -0.521. The fourth-order valence-electron chi connectivity index (χ4n) is 2.42. The van der Waals surface area contributed by atoms with Gasteiger partial charge in [0.1, 0.15) is 5.83 Å². The lowest BCUT2D eigenvalue weighted by Crippen LogP contribution is -2.09. The van der Waals surface area contributed by atoms with E-state index in [9.17, 15) is 9.18 Å². The first-order valence-corrected chi connectivity index (χ1v) is 7.41. The average molecular weight is 313 g/mol. The molecule has 0 spiro atoms. The van der Waals surface area contributed by atoms with Crippen molar-refractivity contribution in [2.24, 2.45) is 0 Å². The van der Waals surface area contributed by atoms with Gasteiger partial charge in [-0.2, -0.15) is 0 Å². The third-order valence-electron chi connectivity index (χ3n) is 3.45. The Morgan fingerprint density at radius 2 is 2.22 bits per heavy atom. The first-order chi connectivity index (χ1) is 11.2. The van der Waals surface area contributed by atoms with Gasteiger partial charge in [-0.1, -0.05) is 18.2 Å². The first-order valence-electron chi connectivity index (χ1n) is 7.41. The second-order valence-electron chi connectivity index (χ2n) is 5.01. The van der Waals surface area contributed by atoms with E-state index in [-0.39, 0.29) is 24.7 Å². The summed E-state index contributed by atoms with van der Waals surface area (Å²) in [6.07, 6.45) is 11.1. The van der Waals surface area contributed by atoms with Crippen molar-refractivity contribution in [2.75, 3.05) is 6.61 Å². The van der Waals surface area contributed by atoms with Crippen LogP contribution in [0.25, 0.3) is 5.65 Å². The Balaban J connectivity index is 2.04. The quantitative estimate of drug-likeness (QED) is 0.814. The van der Waals surface area contributed by atoms with Crippen molar-refractivity contribution in [1.29, 1.82) is 0 Å². The molecule has 1 aliphatic rings. The zero-order valence-electron chi connectivity index (χ0n) is 12.7. The first kappa shape index (κ1) is 15.1. The number of nitrogens with zero attached hydrogens (tertiary/aromatic N) is 3. The van der Waals surface area contributed by atoms with Crippen LogP contribution >= 0.6 is 0 Å². The van der Waals surface area contributed by atoms with Gasteiger partial charge in [-0.3, -0.25) is 4.40 Å². The maximum Gasteiger partial charge on any atom is 0.374 e. The summed E-state index contributed by atoms with van der Waals surface area (Å²) in [5.41, 5.74) is 1.58. The van der Waals surface area contributed by atoms with Gasteiger partial charge in [-0.05, 0) is 31.1 Å². The molecule has 2 aromatic heterocycles. The summed E-state index contributed by atoms with van der Waals surface area (Å²) >= 11 is 0. The highest BCUT2D eigenvalue weighted by molar-refractivity contribution is 5.87. The van der Waals surface area contributed by atoms with Crippen molar-refractivity contribution >= 4 is 11.6 Å². The molecule has 0 atom stereocenters. The Morgan fingerprint density at radius 1 is 1.39 bits per heavy atom. The maximum atomic E-state index is 14.1. The number of esters is 1. The molecule has 2 aromatic rings. The normalized spacial score (nSPS) is 14.3. The highest BCUT2D eigenvalue weighted by Gasteiger charge is 2.20. The average Bonchev–Trinajstić information content (AvgIpc) is 2.80. The summed E-state index contributed by atoms with van der Waals surface area (Å²) < 4.78 is 20.7. The van der Waals surface area contributed by atoms with Crippen LogP contribution in [0.1, 0.15) is 29.7 Å². The van der Waals surface area contributed by atoms with Crippen molar-refractivity contribution in [3.8, 4) is 0 Å². The minimum absolute atomic E-state index is 0.152. The Bertz CT molecular complexity index is 833. The number of aromatic nitrogens is 3. The summed E-state index contributed by atoms with van der Waals surface area (Å²) in [5.74, 6) is -0.667. The molecule has 0 saturated carbocycles. The van der Waals surface area contributed by atoms with Crippen molar-refractivity contribution in [3.63, 3.8) is 0 Å². The van der Waals surface area contributed by atoms with Gasteiger partial charge in [-0.25, -0.2) is 19.2 Å². The Kier molecular flexibility index (Phi) is 4.32. The Morgan fingerprint density at radius 3 is 3.04 bits per heavy atom. The molecule has 0 saturated heterocycles. The van der Waals surface area contributed by atoms with E-state index in [0.29, 0.717) is 23.3 Å². The van der Waals surface area contributed by atoms with E-state index in [1.165, 1.54) is 6.08 Å². The van der Waals surface area contributed by atoms with Crippen LogP contribution in [0, 0.1) is 0 Å². The lowest BCUT2D eigenvalue weighted by Gasteiger charge is -2.00. The second-order valence-corrected chi connectivity index (χ2v) is 5.01. The van der Waals surface area contributed by atoms with E-state index in [1.807, 2.05) is 6.08 Å². The minimum Gasteiger partial charge on any atom is -0.460 e. The highest BCUT2D eigenvalue weighted by atomic mass is 19.1. The molecule has 0 radical (unpaired) electrons.